The lowest BCUT2D eigenvalue weighted by Crippen LogP contribution is -2.30. The Morgan fingerprint density at radius 1 is 1.40 bits per heavy atom. The van der Waals surface area contributed by atoms with Gasteiger partial charge in [0.1, 0.15) is 10.7 Å². The molecule has 0 aliphatic heterocycles. The van der Waals surface area contributed by atoms with Crippen LogP contribution in [0.1, 0.15) is 45.2 Å². The van der Waals surface area contributed by atoms with Crippen LogP contribution in [0, 0.1) is 0 Å². The fraction of sp³-hybridized carbons (Fsp3) is 0.231. The van der Waals surface area contributed by atoms with Crippen LogP contribution < -0.4 is 5.32 Å². The molecular formula is C13H13N3O3S. The summed E-state index contributed by atoms with van der Waals surface area (Å²) < 4.78 is 0. The fourth-order valence-electron chi connectivity index (χ4n) is 1.73. The molecule has 2 rings (SSSR count). The first-order valence-corrected chi connectivity index (χ1v) is 6.90. The van der Waals surface area contributed by atoms with Crippen LogP contribution in [-0.2, 0) is 0 Å². The van der Waals surface area contributed by atoms with E-state index in [1.165, 1.54) is 29.7 Å². The monoisotopic (exact) mass is 291 g/mol. The maximum absolute atomic E-state index is 12.2. The van der Waals surface area contributed by atoms with E-state index < -0.39 is 11.9 Å². The predicted molar refractivity (Wildman–Crippen MR) is 73.8 cm³/mol. The van der Waals surface area contributed by atoms with E-state index in [0.29, 0.717) is 6.42 Å². The Labute approximate surface area is 119 Å². The number of rotatable bonds is 5. The second-order valence-electron chi connectivity index (χ2n) is 4.01. The molecule has 0 fully saturated rings. The van der Waals surface area contributed by atoms with Gasteiger partial charge in [-0.25, -0.2) is 9.78 Å². The lowest BCUT2D eigenvalue weighted by molar-refractivity contribution is 0.0689. The third-order valence-corrected chi connectivity index (χ3v) is 3.61. The van der Waals surface area contributed by atoms with E-state index in [1.54, 1.807) is 6.20 Å². The first-order valence-electron chi connectivity index (χ1n) is 6.02. The van der Waals surface area contributed by atoms with Gasteiger partial charge in [0.05, 0.1) is 11.6 Å². The number of carboxylic acids is 1. The van der Waals surface area contributed by atoms with Crippen molar-refractivity contribution in [3.8, 4) is 0 Å². The number of hydrogen-bond donors (Lipinski definition) is 2. The van der Waals surface area contributed by atoms with Gasteiger partial charge in [0.25, 0.3) is 5.91 Å². The van der Waals surface area contributed by atoms with Crippen LogP contribution >= 0.6 is 11.3 Å². The first-order chi connectivity index (χ1) is 9.63. The predicted octanol–water partition coefficient (Wildman–Crippen LogP) is 2.12. The van der Waals surface area contributed by atoms with Crippen molar-refractivity contribution in [1.82, 2.24) is 15.3 Å². The van der Waals surface area contributed by atoms with Crippen molar-refractivity contribution < 1.29 is 14.7 Å². The van der Waals surface area contributed by atoms with E-state index in [2.05, 4.69) is 15.3 Å². The molecule has 104 valence electrons. The zero-order valence-corrected chi connectivity index (χ0v) is 11.6. The van der Waals surface area contributed by atoms with Gasteiger partial charge in [-0.2, -0.15) is 0 Å². The average Bonchev–Trinajstić information content (AvgIpc) is 2.98. The highest BCUT2D eigenvalue weighted by Crippen LogP contribution is 2.19. The van der Waals surface area contributed by atoms with Crippen molar-refractivity contribution in [3.63, 3.8) is 0 Å². The molecule has 0 bridgehead atoms. The molecule has 0 saturated carbocycles. The van der Waals surface area contributed by atoms with Gasteiger partial charge in [-0.15, -0.1) is 11.3 Å². The van der Waals surface area contributed by atoms with Gasteiger partial charge >= 0.3 is 5.97 Å². The summed E-state index contributed by atoms with van der Waals surface area (Å²) in [6.07, 6.45) is 3.72. The van der Waals surface area contributed by atoms with Crippen molar-refractivity contribution in [1.29, 1.82) is 0 Å². The number of nitrogens with one attached hydrogen (secondary N) is 1. The van der Waals surface area contributed by atoms with E-state index in [4.69, 9.17) is 5.11 Å². The molecule has 1 unspecified atom stereocenters. The Bertz CT molecular complexity index is 613. The number of pyridine rings is 1. The Balaban J connectivity index is 2.22. The Kier molecular flexibility index (Phi) is 4.41. The van der Waals surface area contributed by atoms with Crippen LogP contribution in [0.2, 0.25) is 0 Å². The van der Waals surface area contributed by atoms with Gasteiger partial charge in [0, 0.05) is 17.8 Å². The Morgan fingerprint density at radius 2 is 2.20 bits per heavy atom. The summed E-state index contributed by atoms with van der Waals surface area (Å²) in [5, 5.41) is 14.4. The highest BCUT2D eigenvalue weighted by Gasteiger charge is 2.21. The van der Waals surface area contributed by atoms with Crippen molar-refractivity contribution in [2.24, 2.45) is 0 Å². The molecule has 6 nitrogen and oxygen atoms in total. The minimum atomic E-state index is -1.18. The summed E-state index contributed by atoms with van der Waals surface area (Å²) >= 11 is 1.44. The van der Waals surface area contributed by atoms with Gasteiger partial charge in [-0.05, 0) is 18.6 Å². The molecule has 2 N–H and O–H groups in total. The number of carbonyl (C=O) groups is 2. The Hall–Kier alpha value is -2.28. The Morgan fingerprint density at radius 3 is 2.80 bits per heavy atom. The fourth-order valence-corrected chi connectivity index (χ4v) is 2.50. The molecule has 2 aromatic heterocycles. The zero-order valence-electron chi connectivity index (χ0n) is 10.7. The summed E-state index contributed by atoms with van der Waals surface area (Å²) in [6.45, 7) is 1.92. The number of thiazole rings is 1. The van der Waals surface area contributed by atoms with Crippen molar-refractivity contribution in [2.45, 2.75) is 19.4 Å². The number of aromatic carboxylic acids is 1. The van der Waals surface area contributed by atoms with E-state index in [-0.39, 0.29) is 17.3 Å². The quantitative estimate of drug-likeness (QED) is 0.880. The smallest absolute Gasteiger partial charge is 0.338 e. The first kappa shape index (κ1) is 14.1. The van der Waals surface area contributed by atoms with E-state index >= 15 is 0 Å². The number of nitrogens with zero attached hydrogens (tertiary/aromatic N) is 2. The minimum absolute atomic E-state index is 0.0880. The number of amides is 1. The third kappa shape index (κ3) is 3.00. The van der Waals surface area contributed by atoms with Crippen LogP contribution in [0.15, 0.2) is 29.9 Å². The number of carboxylic acid groups (broad SMARTS) is 1. The summed E-state index contributed by atoms with van der Waals surface area (Å²) in [5.74, 6) is -1.68. The molecule has 7 heteroatoms. The molecule has 0 aliphatic rings. The minimum Gasteiger partial charge on any atom is -0.478 e. The molecule has 2 aromatic rings. The standard InChI is InChI=1S/C13H13N3O3S/c1-2-9(12-15-6-7-20-12)16-11(17)10-8(13(18)19)4-3-5-14-10/h3-7,9H,2H2,1H3,(H,16,17)(H,18,19). The van der Waals surface area contributed by atoms with Gasteiger partial charge in [-0.3, -0.25) is 9.78 Å². The molecule has 0 saturated heterocycles. The number of aromatic nitrogens is 2. The summed E-state index contributed by atoms with van der Waals surface area (Å²) in [5.41, 5.74) is -0.200. The molecular weight excluding hydrogens is 278 g/mol. The molecule has 20 heavy (non-hydrogen) atoms. The maximum Gasteiger partial charge on any atom is 0.338 e. The van der Waals surface area contributed by atoms with Crippen LogP contribution in [-0.4, -0.2) is 27.0 Å². The SMILES string of the molecule is CCC(NC(=O)c1ncccc1C(=O)O)c1nccs1. The van der Waals surface area contributed by atoms with Gasteiger partial charge in [0.15, 0.2) is 0 Å². The molecule has 1 amide bonds. The van der Waals surface area contributed by atoms with E-state index in [1.807, 2.05) is 12.3 Å². The molecule has 0 aliphatic carbocycles. The topological polar surface area (TPSA) is 92.2 Å². The summed E-state index contributed by atoms with van der Waals surface area (Å²) in [7, 11) is 0. The second kappa shape index (κ2) is 6.25. The lowest BCUT2D eigenvalue weighted by atomic mass is 10.1. The van der Waals surface area contributed by atoms with Crippen LogP contribution in [0.4, 0.5) is 0 Å². The molecule has 0 spiro atoms. The summed E-state index contributed by atoms with van der Waals surface area (Å²) in [6, 6.07) is 2.60. The van der Waals surface area contributed by atoms with Crippen LogP contribution in [0.25, 0.3) is 0 Å². The largest absolute Gasteiger partial charge is 0.478 e. The molecule has 2 heterocycles. The van der Waals surface area contributed by atoms with Gasteiger partial charge in [0.2, 0.25) is 0 Å². The van der Waals surface area contributed by atoms with Gasteiger partial charge in [-0.1, -0.05) is 6.92 Å². The van der Waals surface area contributed by atoms with E-state index in [0.717, 1.165) is 5.01 Å². The normalized spacial score (nSPS) is 11.8. The summed E-state index contributed by atoms with van der Waals surface area (Å²) in [4.78, 5) is 31.3. The number of hydrogen-bond acceptors (Lipinski definition) is 5. The van der Waals surface area contributed by atoms with E-state index in [9.17, 15) is 9.59 Å². The van der Waals surface area contributed by atoms with Crippen molar-refractivity contribution in [3.05, 3.63) is 46.2 Å². The van der Waals surface area contributed by atoms with Crippen LogP contribution in [0.5, 0.6) is 0 Å². The second-order valence-corrected chi connectivity index (χ2v) is 4.94. The van der Waals surface area contributed by atoms with Crippen LogP contribution in [0.3, 0.4) is 0 Å². The highest BCUT2D eigenvalue weighted by molar-refractivity contribution is 7.09. The highest BCUT2D eigenvalue weighted by atomic mass is 32.1. The maximum atomic E-state index is 12.2. The zero-order chi connectivity index (χ0) is 14.5. The molecule has 1 atom stereocenters. The number of carbonyl (C=O) groups excluding carboxylic acids is 1. The van der Waals surface area contributed by atoms with Gasteiger partial charge < -0.3 is 10.4 Å². The lowest BCUT2D eigenvalue weighted by Gasteiger charge is -2.14. The molecule has 0 radical (unpaired) electrons. The third-order valence-electron chi connectivity index (χ3n) is 2.72. The average molecular weight is 291 g/mol. The molecule has 0 aromatic carbocycles. The van der Waals surface area contributed by atoms with Crippen molar-refractivity contribution in [2.75, 3.05) is 0 Å². The van der Waals surface area contributed by atoms with Crippen molar-refractivity contribution >= 4 is 23.2 Å².